The van der Waals surface area contributed by atoms with Gasteiger partial charge in [0.25, 0.3) is 0 Å². The van der Waals surface area contributed by atoms with Gasteiger partial charge in [-0.3, -0.25) is 0 Å². The number of nitrogens with two attached hydrogens (primary N) is 4. The zero-order valence-electron chi connectivity index (χ0n) is 10.9. The second-order valence-electron chi connectivity index (χ2n) is 4.71. The molecule has 6 nitrogen and oxygen atoms in total. The highest BCUT2D eigenvalue weighted by Crippen LogP contribution is 2.37. The van der Waals surface area contributed by atoms with Crippen LogP contribution < -0.4 is 22.9 Å². The number of benzene rings is 2. The molecule has 0 saturated heterocycles. The Morgan fingerprint density at radius 1 is 0.800 bits per heavy atom. The van der Waals surface area contributed by atoms with Crippen LogP contribution in [-0.2, 0) is 5.60 Å². The third kappa shape index (κ3) is 2.22. The second-order valence-corrected chi connectivity index (χ2v) is 4.71. The van der Waals surface area contributed by atoms with Crippen LogP contribution >= 0.6 is 0 Å². The van der Waals surface area contributed by atoms with Crippen molar-refractivity contribution >= 4 is 22.7 Å². The molecule has 0 aliphatic carbocycles. The van der Waals surface area contributed by atoms with Gasteiger partial charge in [-0.1, -0.05) is 12.1 Å². The van der Waals surface area contributed by atoms with E-state index < -0.39 is 12.2 Å². The molecule has 2 aromatic carbocycles. The first-order valence-electron chi connectivity index (χ1n) is 6.02. The molecular formula is C14H18N4O2. The van der Waals surface area contributed by atoms with Gasteiger partial charge in [0.2, 0.25) is 0 Å². The summed E-state index contributed by atoms with van der Waals surface area (Å²) in [5.74, 6) is 0. The second kappa shape index (κ2) is 4.92. The molecule has 10 N–H and O–H groups in total. The topological polar surface area (TPSA) is 145 Å². The van der Waals surface area contributed by atoms with Crippen molar-refractivity contribution in [1.29, 1.82) is 0 Å². The fraction of sp³-hybridized carbons (Fsp3) is 0.143. The Balaban J connectivity index is 2.63. The van der Waals surface area contributed by atoms with E-state index in [4.69, 9.17) is 22.9 Å². The Morgan fingerprint density at radius 2 is 1.20 bits per heavy atom. The Labute approximate surface area is 116 Å². The van der Waals surface area contributed by atoms with Gasteiger partial charge in [0.1, 0.15) is 5.60 Å². The molecule has 0 saturated carbocycles. The van der Waals surface area contributed by atoms with E-state index in [-0.39, 0.29) is 11.4 Å². The van der Waals surface area contributed by atoms with E-state index in [1.807, 2.05) is 0 Å². The van der Waals surface area contributed by atoms with Crippen LogP contribution in [0.15, 0.2) is 36.4 Å². The Bertz CT molecular complexity index is 592. The summed E-state index contributed by atoms with van der Waals surface area (Å²) in [4.78, 5) is 0. The highest BCUT2D eigenvalue weighted by molar-refractivity contribution is 5.65. The van der Waals surface area contributed by atoms with Crippen molar-refractivity contribution in [2.45, 2.75) is 5.60 Å². The predicted octanol–water partition coefficient (Wildman–Crippen LogP) is 0.244. The van der Waals surface area contributed by atoms with Crippen molar-refractivity contribution in [3.8, 4) is 0 Å². The van der Waals surface area contributed by atoms with Crippen molar-refractivity contribution in [3.05, 3.63) is 47.5 Å². The number of aliphatic hydroxyl groups is 2. The van der Waals surface area contributed by atoms with Crippen LogP contribution in [0.3, 0.4) is 0 Å². The summed E-state index contributed by atoms with van der Waals surface area (Å²) in [6.07, 6.45) is 0. The van der Waals surface area contributed by atoms with Gasteiger partial charge in [-0.25, -0.2) is 0 Å². The standard InChI is InChI=1S/C14H18N4O2/c15-8-1-3-10(12(17)5-8)14(20,7-19)11-4-2-9(16)6-13(11)18/h1-6,19-20H,7,15-18H2. The number of aliphatic hydroxyl groups excluding tert-OH is 1. The molecule has 0 amide bonds. The molecular weight excluding hydrogens is 256 g/mol. The SMILES string of the molecule is Nc1ccc(C(O)(CO)c2ccc(N)cc2N)c(N)c1. The van der Waals surface area contributed by atoms with Gasteiger partial charge < -0.3 is 33.1 Å². The maximum absolute atomic E-state index is 10.8. The van der Waals surface area contributed by atoms with Gasteiger partial charge in [-0.15, -0.1) is 0 Å². The predicted molar refractivity (Wildman–Crippen MR) is 80.6 cm³/mol. The molecule has 2 aromatic rings. The van der Waals surface area contributed by atoms with Crippen molar-refractivity contribution < 1.29 is 10.2 Å². The maximum Gasteiger partial charge on any atom is 0.141 e. The zero-order valence-corrected chi connectivity index (χ0v) is 10.9. The van der Waals surface area contributed by atoms with Gasteiger partial charge in [0.05, 0.1) is 6.61 Å². The van der Waals surface area contributed by atoms with Crippen molar-refractivity contribution in [2.24, 2.45) is 0 Å². The molecule has 20 heavy (non-hydrogen) atoms. The number of rotatable bonds is 3. The highest BCUT2D eigenvalue weighted by atomic mass is 16.3. The van der Waals surface area contributed by atoms with Gasteiger partial charge >= 0.3 is 0 Å². The molecule has 0 aliphatic heterocycles. The lowest BCUT2D eigenvalue weighted by molar-refractivity contribution is 0.0185. The first-order valence-corrected chi connectivity index (χ1v) is 6.02. The van der Waals surface area contributed by atoms with Crippen LogP contribution in [0.2, 0.25) is 0 Å². The summed E-state index contributed by atoms with van der Waals surface area (Å²) < 4.78 is 0. The van der Waals surface area contributed by atoms with E-state index in [1.165, 1.54) is 12.1 Å². The normalized spacial score (nSPS) is 11.5. The molecule has 0 bridgehead atoms. The zero-order chi connectivity index (χ0) is 14.9. The van der Waals surface area contributed by atoms with Gasteiger partial charge in [-0.05, 0) is 24.3 Å². The molecule has 0 aromatic heterocycles. The van der Waals surface area contributed by atoms with Crippen molar-refractivity contribution in [2.75, 3.05) is 29.5 Å². The van der Waals surface area contributed by atoms with Crippen LogP contribution in [0.25, 0.3) is 0 Å². The smallest absolute Gasteiger partial charge is 0.141 e. The van der Waals surface area contributed by atoms with E-state index in [0.29, 0.717) is 22.5 Å². The van der Waals surface area contributed by atoms with E-state index in [2.05, 4.69) is 0 Å². The van der Waals surface area contributed by atoms with E-state index in [9.17, 15) is 10.2 Å². The maximum atomic E-state index is 10.8. The van der Waals surface area contributed by atoms with Crippen LogP contribution in [0.1, 0.15) is 11.1 Å². The van der Waals surface area contributed by atoms with Crippen LogP contribution in [0.4, 0.5) is 22.7 Å². The number of anilines is 4. The average molecular weight is 274 g/mol. The van der Waals surface area contributed by atoms with Crippen LogP contribution in [0.5, 0.6) is 0 Å². The molecule has 0 spiro atoms. The lowest BCUT2D eigenvalue weighted by atomic mass is 9.84. The number of nitrogen functional groups attached to an aromatic ring is 4. The van der Waals surface area contributed by atoms with Crippen molar-refractivity contribution in [1.82, 2.24) is 0 Å². The van der Waals surface area contributed by atoms with Gasteiger partial charge in [0, 0.05) is 33.9 Å². The first-order chi connectivity index (χ1) is 9.38. The Kier molecular flexibility index (Phi) is 3.44. The largest absolute Gasteiger partial charge is 0.399 e. The molecule has 0 atom stereocenters. The third-order valence-electron chi connectivity index (χ3n) is 3.27. The monoisotopic (exact) mass is 274 g/mol. The minimum absolute atomic E-state index is 0.276. The van der Waals surface area contributed by atoms with Crippen LogP contribution in [0, 0.1) is 0 Å². The summed E-state index contributed by atoms with van der Waals surface area (Å²) in [6.45, 7) is -0.574. The fourth-order valence-electron chi connectivity index (χ4n) is 2.23. The minimum atomic E-state index is -1.71. The summed E-state index contributed by atoms with van der Waals surface area (Å²) >= 11 is 0. The van der Waals surface area contributed by atoms with Crippen LogP contribution in [-0.4, -0.2) is 16.8 Å². The van der Waals surface area contributed by atoms with E-state index >= 15 is 0 Å². The lowest BCUT2D eigenvalue weighted by Gasteiger charge is -2.29. The Hall–Kier alpha value is -2.44. The lowest BCUT2D eigenvalue weighted by Crippen LogP contribution is -2.33. The molecule has 0 radical (unpaired) electrons. The number of hydrogen-bond donors (Lipinski definition) is 6. The molecule has 106 valence electrons. The third-order valence-corrected chi connectivity index (χ3v) is 3.27. The number of hydrogen-bond acceptors (Lipinski definition) is 6. The van der Waals surface area contributed by atoms with Gasteiger partial charge in [0.15, 0.2) is 0 Å². The molecule has 6 heteroatoms. The summed E-state index contributed by atoms with van der Waals surface area (Å²) in [5.41, 5.74) is 23.5. The van der Waals surface area contributed by atoms with Gasteiger partial charge in [-0.2, -0.15) is 0 Å². The Morgan fingerprint density at radius 3 is 1.50 bits per heavy atom. The molecule has 0 heterocycles. The molecule has 0 aliphatic rings. The van der Waals surface area contributed by atoms with E-state index in [1.54, 1.807) is 24.3 Å². The minimum Gasteiger partial charge on any atom is -0.399 e. The van der Waals surface area contributed by atoms with Crippen molar-refractivity contribution in [3.63, 3.8) is 0 Å². The molecule has 0 unspecified atom stereocenters. The quantitative estimate of drug-likeness (QED) is 0.442. The average Bonchev–Trinajstić information content (AvgIpc) is 2.37. The summed E-state index contributed by atoms with van der Waals surface area (Å²) in [5, 5.41) is 20.5. The van der Waals surface area contributed by atoms with E-state index in [0.717, 1.165) is 0 Å². The molecule has 0 fully saturated rings. The molecule has 2 rings (SSSR count). The summed E-state index contributed by atoms with van der Waals surface area (Å²) in [6, 6.07) is 9.36. The summed E-state index contributed by atoms with van der Waals surface area (Å²) in [7, 11) is 0. The fourth-order valence-corrected chi connectivity index (χ4v) is 2.23. The first kappa shape index (κ1) is 14.0. The highest BCUT2D eigenvalue weighted by Gasteiger charge is 2.34.